The Morgan fingerprint density at radius 1 is 0.653 bits per heavy atom. The first kappa shape index (κ1) is 30.7. The zero-order chi connectivity index (χ0) is 33.3. The van der Waals surface area contributed by atoms with Gasteiger partial charge in [0.15, 0.2) is 23.0 Å². The van der Waals surface area contributed by atoms with Crippen molar-refractivity contribution in [2.24, 2.45) is 0 Å². The maximum atomic E-state index is 6.83. The molecule has 1 N–H and O–H groups in total. The van der Waals surface area contributed by atoms with E-state index in [4.69, 9.17) is 19.4 Å². The molecule has 0 spiro atoms. The maximum Gasteiger partial charge on any atom is 0.152 e. The van der Waals surface area contributed by atoms with E-state index < -0.39 is 0 Å². The van der Waals surface area contributed by atoms with Gasteiger partial charge in [-0.15, -0.1) is 0 Å². The standard InChI is InChI=1S/C43H40N4O2/c1-4-13-28-21-24-36-33(26-28)46-42-39(48-36)27-31(32-16-11-12-25-44-32)43(40(42)41-29(14-5-2)22-23-30(45-41)15-6-3)47-34-17-7-9-19-37(34)49-38-20-10-8-18-35(38)47/h7-12,16-27,46H,4-6,13-15H2,1-3H3. The van der Waals surface area contributed by atoms with E-state index in [9.17, 15) is 0 Å². The van der Waals surface area contributed by atoms with Crippen LogP contribution in [-0.2, 0) is 19.3 Å². The molecule has 0 amide bonds. The monoisotopic (exact) mass is 644 g/mol. The van der Waals surface area contributed by atoms with Crippen molar-refractivity contribution in [3.8, 4) is 45.5 Å². The second kappa shape index (κ2) is 13.1. The number of ether oxygens (including phenoxy) is 2. The molecule has 49 heavy (non-hydrogen) atoms. The highest BCUT2D eigenvalue weighted by atomic mass is 16.5. The molecular weight excluding hydrogens is 604 g/mol. The van der Waals surface area contributed by atoms with Crippen molar-refractivity contribution >= 4 is 28.4 Å². The molecule has 8 rings (SSSR count). The minimum absolute atomic E-state index is 0.745. The molecule has 4 aromatic carbocycles. The maximum absolute atomic E-state index is 6.83. The number of rotatable bonds is 9. The van der Waals surface area contributed by atoms with E-state index in [0.29, 0.717) is 0 Å². The average molecular weight is 645 g/mol. The van der Waals surface area contributed by atoms with E-state index in [0.717, 1.165) is 118 Å². The van der Waals surface area contributed by atoms with Crippen LogP contribution in [0.1, 0.15) is 56.9 Å². The van der Waals surface area contributed by atoms with E-state index >= 15 is 0 Å². The molecule has 4 heterocycles. The Balaban J connectivity index is 1.51. The summed E-state index contributed by atoms with van der Waals surface area (Å²) in [5, 5.41) is 3.89. The summed E-state index contributed by atoms with van der Waals surface area (Å²) in [7, 11) is 0. The number of aryl methyl sites for hydroxylation is 3. The van der Waals surface area contributed by atoms with E-state index in [1.54, 1.807) is 0 Å². The third-order valence-corrected chi connectivity index (χ3v) is 9.22. The minimum atomic E-state index is 0.745. The fraction of sp³-hybridized carbons (Fsp3) is 0.209. The Hall–Kier alpha value is -5.62. The zero-order valence-corrected chi connectivity index (χ0v) is 28.3. The van der Waals surface area contributed by atoms with Crippen LogP contribution in [0.2, 0.25) is 0 Å². The lowest BCUT2D eigenvalue weighted by atomic mass is 9.91. The van der Waals surface area contributed by atoms with Gasteiger partial charge in [0.1, 0.15) is 0 Å². The predicted molar refractivity (Wildman–Crippen MR) is 199 cm³/mol. The third-order valence-electron chi connectivity index (χ3n) is 9.22. The first-order valence-electron chi connectivity index (χ1n) is 17.5. The lowest BCUT2D eigenvalue weighted by molar-refractivity contribution is 0.476. The Morgan fingerprint density at radius 3 is 2.08 bits per heavy atom. The van der Waals surface area contributed by atoms with Crippen LogP contribution in [-0.4, -0.2) is 9.97 Å². The van der Waals surface area contributed by atoms with Crippen molar-refractivity contribution in [2.45, 2.75) is 59.3 Å². The quantitative estimate of drug-likeness (QED) is 0.169. The van der Waals surface area contributed by atoms with Gasteiger partial charge in [-0.05, 0) is 91.1 Å². The van der Waals surface area contributed by atoms with E-state index in [-0.39, 0.29) is 0 Å². The van der Waals surface area contributed by atoms with Gasteiger partial charge in [-0.3, -0.25) is 9.97 Å². The molecule has 0 saturated carbocycles. The molecule has 0 fully saturated rings. The smallest absolute Gasteiger partial charge is 0.152 e. The number of benzene rings is 4. The molecule has 2 aromatic heterocycles. The van der Waals surface area contributed by atoms with Gasteiger partial charge in [0.05, 0.1) is 45.4 Å². The minimum Gasteiger partial charge on any atom is -0.453 e. The van der Waals surface area contributed by atoms with Gasteiger partial charge in [0.25, 0.3) is 0 Å². The molecule has 6 heteroatoms. The van der Waals surface area contributed by atoms with Crippen molar-refractivity contribution in [2.75, 3.05) is 10.2 Å². The van der Waals surface area contributed by atoms with Crippen molar-refractivity contribution in [3.05, 3.63) is 126 Å². The lowest BCUT2D eigenvalue weighted by Crippen LogP contribution is -2.19. The summed E-state index contributed by atoms with van der Waals surface area (Å²) in [6, 6.07) is 35.7. The van der Waals surface area contributed by atoms with Crippen LogP contribution in [0.5, 0.6) is 23.0 Å². The number of nitrogens with one attached hydrogen (secondary N) is 1. The van der Waals surface area contributed by atoms with Crippen LogP contribution in [0.3, 0.4) is 0 Å². The molecule has 6 aromatic rings. The number of anilines is 5. The Bertz CT molecular complexity index is 2120. The van der Waals surface area contributed by atoms with E-state index in [2.05, 4.69) is 97.7 Å². The van der Waals surface area contributed by atoms with Crippen molar-refractivity contribution in [1.29, 1.82) is 0 Å². The average Bonchev–Trinajstić information content (AvgIpc) is 3.14. The van der Waals surface area contributed by atoms with Gasteiger partial charge in [0.2, 0.25) is 0 Å². The Kier molecular flexibility index (Phi) is 8.22. The second-order valence-electron chi connectivity index (χ2n) is 12.7. The molecule has 0 unspecified atom stereocenters. The molecule has 0 radical (unpaired) electrons. The fourth-order valence-corrected chi connectivity index (χ4v) is 7.05. The van der Waals surface area contributed by atoms with Crippen molar-refractivity contribution in [1.82, 2.24) is 9.97 Å². The molecule has 2 aliphatic heterocycles. The topological polar surface area (TPSA) is 59.5 Å². The molecule has 244 valence electrons. The van der Waals surface area contributed by atoms with Crippen LogP contribution in [0, 0.1) is 0 Å². The van der Waals surface area contributed by atoms with Crippen molar-refractivity contribution in [3.63, 3.8) is 0 Å². The van der Waals surface area contributed by atoms with Gasteiger partial charge in [-0.2, -0.15) is 0 Å². The number of nitrogens with zero attached hydrogens (tertiary/aromatic N) is 3. The number of aromatic nitrogens is 2. The van der Waals surface area contributed by atoms with Gasteiger partial charge >= 0.3 is 0 Å². The number of hydrogen-bond donors (Lipinski definition) is 1. The fourth-order valence-electron chi connectivity index (χ4n) is 7.05. The summed E-state index contributed by atoms with van der Waals surface area (Å²) < 4.78 is 13.3. The molecule has 0 aliphatic carbocycles. The normalized spacial score (nSPS) is 12.5. The summed E-state index contributed by atoms with van der Waals surface area (Å²) >= 11 is 0. The van der Waals surface area contributed by atoms with E-state index in [1.165, 1.54) is 11.1 Å². The van der Waals surface area contributed by atoms with E-state index in [1.807, 2.05) is 42.6 Å². The molecule has 2 aliphatic rings. The third kappa shape index (κ3) is 5.57. The van der Waals surface area contributed by atoms with Crippen LogP contribution >= 0.6 is 0 Å². The Morgan fingerprint density at radius 2 is 1.37 bits per heavy atom. The number of pyridine rings is 2. The van der Waals surface area contributed by atoms with Crippen molar-refractivity contribution < 1.29 is 9.47 Å². The second-order valence-corrected chi connectivity index (χ2v) is 12.7. The summed E-state index contributed by atoms with van der Waals surface area (Å²) in [4.78, 5) is 12.8. The molecular formula is C43H40N4O2. The number of hydrogen-bond acceptors (Lipinski definition) is 6. The molecule has 0 bridgehead atoms. The summed E-state index contributed by atoms with van der Waals surface area (Å²) in [6.45, 7) is 6.65. The molecule has 0 saturated heterocycles. The SMILES string of the molecule is CCCc1ccc2c(c1)Nc1c(cc(-c3ccccn3)c(N3c4ccccc4Oc4ccccc43)c1-c1nc(CCC)ccc1CCC)O2. The highest BCUT2D eigenvalue weighted by Crippen LogP contribution is 2.59. The summed E-state index contributed by atoms with van der Waals surface area (Å²) in [6.07, 6.45) is 7.72. The largest absolute Gasteiger partial charge is 0.453 e. The predicted octanol–water partition coefficient (Wildman–Crippen LogP) is 12.1. The van der Waals surface area contributed by atoms with Crippen LogP contribution in [0.15, 0.2) is 109 Å². The first-order valence-corrected chi connectivity index (χ1v) is 17.5. The van der Waals surface area contributed by atoms with Gasteiger partial charge in [-0.25, -0.2) is 0 Å². The van der Waals surface area contributed by atoms with Gasteiger partial charge in [-0.1, -0.05) is 82.5 Å². The van der Waals surface area contributed by atoms with Crippen LogP contribution in [0.25, 0.3) is 22.5 Å². The lowest BCUT2D eigenvalue weighted by Gasteiger charge is -2.37. The highest BCUT2D eigenvalue weighted by molar-refractivity contribution is 6.07. The van der Waals surface area contributed by atoms with Crippen LogP contribution in [0.4, 0.5) is 28.4 Å². The summed E-state index contributed by atoms with van der Waals surface area (Å²) in [5.74, 6) is 3.13. The Labute approximate surface area is 288 Å². The summed E-state index contributed by atoms with van der Waals surface area (Å²) in [5.41, 5.74) is 12.0. The van der Waals surface area contributed by atoms with Gasteiger partial charge < -0.3 is 19.7 Å². The van der Waals surface area contributed by atoms with Gasteiger partial charge in [0, 0.05) is 17.5 Å². The number of para-hydroxylation sites is 4. The zero-order valence-electron chi connectivity index (χ0n) is 28.3. The highest BCUT2D eigenvalue weighted by Gasteiger charge is 2.35. The molecule has 0 atom stereocenters. The molecule has 6 nitrogen and oxygen atoms in total. The first-order chi connectivity index (χ1) is 24.2. The number of fused-ring (bicyclic) bond motifs is 4. The van der Waals surface area contributed by atoms with Crippen LogP contribution < -0.4 is 19.7 Å².